The lowest BCUT2D eigenvalue weighted by Gasteiger charge is -2.33. The normalized spacial score (nSPS) is 25.2. The van der Waals surface area contributed by atoms with E-state index in [1.165, 1.54) is 21.6 Å². The van der Waals surface area contributed by atoms with Gasteiger partial charge in [-0.05, 0) is 91.3 Å². The summed E-state index contributed by atoms with van der Waals surface area (Å²) in [4.78, 5) is 29.7. The molecular formula is C33H41NO4S. The van der Waals surface area contributed by atoms with Crippen molar-refractivity contribution in [2.24, 2.45) is 23.7 Å². The number of benzene rings is 1. The minimum atomic E-state index is -0.298. The number of aryl methyl sites for hydroxylation is 2. The summed E-state index contributed by atoms with van der Waals surface area (Å²) in [6.07, 6.45) is 6.81. The molecule has 5 nitrogen and oxygen atoms in total. The Morgan fingerprint density at radius 3 is 2.54 bits per heavy atom. The number of hydrogen-bond donors (Lipinski definition) is 1. The Bertz CT molecular complexity index is 1280. The van der Waals surface area contributed by atoms with Gasteiger partial charge in [0.15, 0.2) is 0 Å². The number of carbonyl (C=O) groups excluding carboxylic acids is 2. The molecule has 1 N–H and O–H groups in total. The fourth-order valence-corrected chi connectivity index (χ4v) is 7.65. The number of allylic oxidation sites excluding steroid dienone is 2. The van der Waals surface area contributed by atoms with Gasteiger partial charge in [0, 0.05) is 10.8 Å². The molecular weight excluding hydrogens is 506 g/mol. The van der Waals surface area contributed by atoms with Crippen LogP contribution in [0.25, 0.3) is 6.08 Å². The van der Waals surface area contributed by atoms with Crippen LogP contribution in [0.5, 0.6) is 5.75 Å². The zero-order chi connectivity index (χ0) is 27.8. The first-order valence-electron chi connectivity index (χ1n) is 14.4. The molecule has 2 aromatic rings. The molecule has 0 radical (unpaired) electrons. The molecule has 1 aliphatic carbocycles. The van der Waals surface area contributed by atoms with E-state index in [2.05, 4.69) is 26.8 Å². The molecule has 3 heterocycles. The first kappa shape index (κ1) is 27.9. The predicted octanol–water partition coefficient (Wildman–Crippen LogP) is 7.21. The average Bonchev–Trinajstić information content (AvgIpc) is 3.62. The van der Waals surface area contributed by atoms with Crippen LogP contribution in [0.1, 0.15) is 74.4 Å². The van der Waals surface area contributed by atoms with E-state index in [1.54, 1.807) is 11.3 Å². The fraction of sp³-hybridized carbons (Fsp3) is 0.515. The molecule has 0 bridgehead atoms. The van der Waals surface area contributed by atoms with Crippen molar-refractivity contribution in [3.8, 4) is 5.75 Å². The Kier molecular flexibility index (Phi) is 8.16. The second-order valence-corrected chi connectivity index (χ2v) is 12.9. The van der Waals surface area contributed by atoms with Crippen LogP contribution < -0.4 is 0 Å². The number of aromatic hydroxyl groups is 1. The number of phenols is 1. The summed E-state index contributed by atoms with van der Waals surface area (Å²) in [5.41, 5.74) is 6.92. The van der Waals surface area contributed by atoms with Crippen LogP contribution in [-0.4, -0.2) is 34.5 Å². The number of thiophene rings is 1. The monoisotopic (exact) mass is 547 g/mol. The largest absolute Gasteiger partial charge is 0.507 e. The van der Waals surface area contributed by atoms with Gasteiger partial charge in [-0.25, -0.2) is 0 Å². The van der Waals surface area contributed by atoms with Crippen LogP contribution in [0.3, 0.4) is 0 Å². The number of rotatable bonds is 9. The second kappa shape index (κ2) is 11.4. The number of amides is 2. The van der Waals surface area contributed by atoms with Gasteiger partial charge in [-0.2, -0.15) is 0 Å². The Balaban J connectivity index is 1.37. The maximum Gasteiger partial charge on any atom is 0.234 e. The summed E-state index contributed by atoms with van der Waals surface area (Å²) in [6.45, 7) is 11.4. The topological polar surface area (TPSA) is 66.8 Å². The molecule has 3 aliphatic rings. The van der Waals surface area contributed by atoms with Crippen molar-refractivity contribution >= 4 is 29.2 Å². The van der Waals surface area contributed by atoms with Crippen LogP contribution in [-0.2, 0) is 20.9 Å². The number of imide groups is 1. The number of phenolic OH excluding ortho intramolecular Hbond substituents is 1. The minimum absolute atomic E-state index is 0.00284. The van der Waals surface area contributed by atoms with Gasteiger partial charge in [-0.1, -0.05) is 50.5 Å². The molecule has 1 aromatic heterocycles. The maximum absolute atomic E-state index is 13.6. The number of fused-ring (bicyclic) bond motifs is 3. The predicted molar refractivity (Wildman–Crippen MR) is 156 cm³/mol. The van der Waals surface area contributed by atoms with Crippen LogP contribution in [0.15, 0.2) is 46.4 Å². The average molecular weight is 548 g/mol. The van der Waals surface area contributed by atoms with Gasteiger partial charge in [0.1, 0.15) is 5.75 Å². The fourth-order valence-electron chi connectivity index (χ4n) is 6.95. The third kappa shape index (κ3) is 5.38. The van der Waals surface area contributed by atoms with Gasteiger partial charge in [-0.3, -0.25) is 14.5 Å². The van der Waals surface area contributed by atoms with E-state index in [0.717, 1.165) is 47.3 Å². The van der Waals surface area contributed by atoms with Gasteiger partial charge in [-0.15, -0.1) is 11.3 Å². The second-order valence-electron chi connectivity index (χ2n) is 11.8. The third-order valence-corrected chi connectivity index (χ3v) is 9.67. The Labute approximate surface area is 236 Å². The molecule has 5 rings (SSSR count). The highest BCUT2D eigenvalue weighted by Crippen LogP contribution is 2.51. The lowest BCUT2D eigenvalue weighted by molar-refractivity contribution is -0.140. The van der Waals surface area contributed by atoms with E-state index in [9.17, 15) is 14.7 Å². The number of likely N-dealkylation sites (tertiary alicyclic amines) is 1. The Morgan fingerprint density at radius 1 is 1.15 bits per heavy atom. The number of hydrogen-bond acceptors (Lipinski definition) is 5. The van der Waals surface area contributed by atoms with E-state index in [-0.39, 0.29) is 35.7 Å². The smallest absolute Gasteiger partial charge is 0.234 e. The number of ether oxygens (including phenoxy) is 1. The van der Waals surface area contributed by atoms with Crippen molar-refractivity contribution in [1.82, 2.24) is 4.90 Å². The third-order valence-electron chi connectivity index (χ3n) is 8.81. The molecule has 0 unspecified atom stereocenters. The molecule has 0 saturated carbocycles. The lowest BCUT2D eigenvalue weighted by atomic mass is 9.67. The minimum Gasteiger partial charge on any atom is -0.507 e. The molecule has 6 heteroatoms. The van der Waals surface area contributed by atoms with Crippen LogP contribution in [0.4, 0.5) is 0 Å². The molecule has 2 fully saturated rings. The molecule has 208 valence electrons. The van der Waals surface area contributed by atoms with Gasteiger partial charge >= 0.3 is 0 Å². The van der Waals surface area contributed by atoms with Crippen LogP contribution in [0, 0.1) is 37.5 Å². The molecule has 2 aliphatic heterocycles. The summed E-state index contributed by atoms with van der Waals surface area (Å²) >= 11 is 1.59. The quantitative estimate of drug-likeness (QED) is 0.266. The standard InChI is InChI=1S/C33H41NO4S/c1-6-8-22(15-23-13-20(4)31(35)21(5)14-23)10-11-28-29-25(19(2)3)16-26-30(27(29)18-38-28)33(37)34(32(26)36)17-24-9-7-12-39-24/h7,9,12-15,19,26-28,30,35H,6,8,10-11,16-18H2,1-5H3/b22-15+/t26-,27+,28-,30-/m1/s1. The van der Waals surface area contributed by atoms with Crippen molar-refractivity contribution in [2.75, 3.05) is 6.61 Å². The van der Waals surface area contributed by atoms with Crippen molar-refractivity contribution in [3.63, 3.8) is 0 Å². The molecule has 4 atom stereocenters. The molecule has 0 spiro atoms. The highest BCUT2D eigenvalue weighted by atomic mass is 32.1. The van der Waals surface area contributed by atoms with Crippen LogP contribution >= 0.6 is 11.3 Å². The number of nitrogens with zero attached hydrogens (tertiary/aromatic N) is 1. The number of carbonyl (C=O) groups is 2. The van der Waals surface area contributed by atoms with Gasteiger partial charge in [0.05, 0.1) is 31.1 Å². The van der Waals surface area contributed by atoms with E-state index in [1.807, 2.05) is 43.5 Å². The van der Waals surface area contributed by atoms with E-state index in [0.29, 0.717) is 31.2 Å². The highest BCUT2D eigenvalue weighted by Gasteiger charge is 2.57. The Hall–Kier alpha value is -2.70. The lowest BCUT2D eigenvalue weighted by Crippen LogP contribution is -2.35. The molecule has 1 aromatic carbocycles. The summed E-state index contributed by atoms with van der Waals surface area (Å²) in [6, 6.07) is 8.05. The van der Waals surface area contributed by atoms with E-state index >= 15 is 0 Å². The molecule has 39 heavy (non-hydrogen) atoms. The van der Waals surface area contributed by atoms with E-state index in [4.69, 9.17) is 4.74 Å². The molecule has 2 amide bonds. The van der Waals surface area contributed by atoms with Crippen molar-refractivity contribution in [1.29, 1.82) is 0 Å². The van der Waals surface area contributed by atoms with Gasteiger partial charge < -0.3 is 9.84 Å². The molecule has 2 saturated heterocycles. The zero-order valence-corrected chi connectivity index (χ0v) is 24.6. The van der Waals surface area contributed by atoms with Gasteiger partial charge in [0.2, 0.25) is 11.8 Å². The van der Waals surface area contributed by atoms with Crippen molar-refractivity contribution in [3.05, 3.63) is 67.9 Å². The van der Waals surface area contributed by atoms with Crippen molar-refractivity contribution in [2.45, 2.75) is 79.4 Å². The summed E-state index contributed by atoms with van der Waals surface area (Å²) in [7, 11) is 0. The highest BCUT2D eigenvalue weighted by molar-refractivity contribution is 7.09. The zero-order valence-electron chi connectivity index (χ0n) is 23.8. The summed E-state index contributed by atoms with van der Waals surface area (Å²) in [5, 5.41) is 12.2. The first-order valence-corrected chi connectivity index (χ1v) is 15.3. The summed E-state index contributed by atoms with van der Waals surface area (Å²) < 4.78 is 6.45. The summed E-state index contributed by atoms with van der Waals surface area (Å²) in [5.74, 6) is 0.0972. The maximum atomic E-state index is 13.6. The van der Waals surface area contributed by atoms with E-state index < -0.39 is 0 Å². The first-order chi connectivity index (χ1) is 18.7. The van der Waals surface area contributed by atoms with Crippen molar-refractivity contribution < 1.29 is 19.4 Å². The SMILES string of the molecule is CCC/C(=C\c1cc(C)c(O)c(C)c1)CC[C@H]1OC[C@H]2C1=C(C(C)C)C[C@H]1C(=O)N(Cc3cccs3)C(=O)[C@H]12. The Morgan fingerprint density at radius 2 is 1.90 bits per heavy atom. The van der Waals surface area contributed by atoms with Crippen LogP contribution in [0.2, 0.25) is 0 Å². The van der Waals surface area contributed by atoms with Gasteiger partial charge in [0.25, 0.3) is 0 Å².